The molecular formula is C16H15N3O. The lowest BCUT2D eigenvalue weighted by atomic mass is 9.95. The molecule has 0 radical (unpaired) electrons. The molecule has 4 nitrogen and oxygen atoms in total. The number of hydrogen-bond acceptors (Lipinski definition) is 3. The summed E-state index contributed by atoms with van der Waals surface area (Å²) in [7, 11) is 1.90. The van der Waals surface area contributed by atoms with Gasteiger partial charge < -0.3 is 4.57 Å². The first-order valence-corrected chi connectivity index (χ1v) is 6.51. The van der Waals surface area contributed by atoms with E-state index in [1.54, 1.807) is 0 Å². The minimum Gasteiger partial charge on any atom is -0.350 e. The van der Waals surface area contributed by atoms with E-state index < -0.39 is 0 Å². The molecule has 1 aromatic heterocycles. The van der Waals surface area contributed by atoms with Crippen LogP contribution in [0, 0.1) is 28.6 Å². The third-order valence-electron chi connectivity index (χ3n) is 3.42. The largest absolute Gasteiger partial charge is 0.350 e. The van der Waals surface area contributed by atoms with E-state index >= 15 is 0 Å². The fourth-order valence-electron chi connectivity index (χ4n) is 2.35. The Bertz CT molecular complexity index is 715. The first-order chi connectivity index (χ1) is 9.67. The van der Waals surface area contributed by atoms with Gasteiger partial charge in [0, 0.05) is 42.6 Å². The van der Waals surface area contributed by atoms with Gasteiger partial charge in [-0.1, -0.05) is 18.2 Å². The second kappa shape index (κ2) is 6.04. The number of fused-ring (bicyclic) bond motifs is 1. The van der Waals surface area contributed by atoms with Gasteiger partial charge in [0.15, 0.2) is 5.78 Å². The summed E-state index contributed by atoms with van der Waals surface area (Å²) in [6, 6.07) is 11.8. The van der Waals surface area contributed by atoms with Crippen molar-refractivity contribution in [1.29, 1.82) is 10.5 Å². The number of hydrogen-bond donors (Lipinski definition) is 0. The highest BCUT2D eigenvalue weighted by Gasteiger charge is 2.18. The standard InChI is InChI=1S/C16H15N3O/c1-19-11-14(13-6-2-3-7-15(13)19)16(20)9-12(10-18)5-4-8-17/h2-3,6-7,11-12H,4-5,9H2,1H3. The topological polar surface area (TPSA) is 69.6 Å². The highest BCUT2D eigenvalue weighted by molar-refractivity contribution is 6.08. The van der Waals surface area contributed by atoms with Crippen LogP contribution in [0.4, 0.5) is 0 Å². The average Bonchev–Trinajstić information content (AvgIpc) is 2.81. The molecule has 0 N–H and O–H groups in total. The molecule has 0 amide bonds. The monoisotopic (exact) mass is 265 g/mol. The van der Waals surface area contributed by atoms with Crippen molar-refractivity contribution in [3.63, 3.8) is 0 Å². The highest BCUT2D eigenvalue weighted by Crippen LogP contribution is 2.23. The molecule has 0 bridgehead atoms. The number of para-hydroxylation sites is 1. The van der Waals surface area contributed by atoms with E-state index in [-0.39, 0.29) is 18.1 Å². The van der Waals surface area contributed by atoms with Gasteiger partial charge in [0.25, 0.3) is 0 Å². The van der Waals surface area contributed by atoms with Crippen molar-refractivity contribution in [3.05, 3.63) is 36.0 Å². The van der Waals surface area contributed by atoms with Crippen LogP contribution in [0.2, 0.25) is 0 Å². The van der Waals surface area contributed by atoms with E-state index in [4.69, 9.17) is 10.5 Å². The molecule has 20 heavy (non-hydrogen) atoms. The molecule has 4 heteroatoms. The van der Waals surface area contributed by atoms with Crippen LogP contribution in [0.5, 0.6) is 0 Å². The number of benzene rings is 1. The predicted octanol–water partition coefficient (Wildman–Crippen LogP) is 3.19. The summed E-state index contributed by atoms with van der Waals surface area (Å²) in [6.07, 6.45) is 2.74. The van der Waals surface area contributed by atoms with Crippen LogP contribution >= 0.6 is 0 Å². The molecule has 0 aliphatic carbocycles. The first kappa shape index (κ1) is 13.8. The number of aromatic nitrogens is 1. The van der Waals surface area contributed by atoms with Crippen LogP contribution in [0.1, 0.15) is 29.6 Å². The molecule has 100 valence electrons. The SMILES string of the molecule is Cn1cc(C(=O)CC(C#N)CCC#N)c2ccccc21. The molecule has 0 aliphatic rings. The summed E-state index contributed by atoms with van der Waals surface area (Å²) < 4.78 is 1.92. The third-order valence-corrected chi connectivity index (χ3v) is 3.42. The van der Waals surface area contributed by atoms with Crippen LogP contribution in [0.15, 0.2) is 30.5 Å². The van der Waals surface area contributed by atoms with Crippen molar-refractivity contribution in [2.75, 3.05) is 0 Å². The van der Waals surface area contributed by atoms with E-state index in [0.717, 1.165) is 10.9 Å². The van der Waals surface area contributed by atoms with E-state index in [2.05, 4.69) is 6.07 Å². The first-order valence-electron chi connectivity index (χ1n) is 6.51. The summed E-state index contributed by atoms with van der Waals surface area (Å²) in [5.41, 5.74) is 1.65. The summed E-state index contributed by atoms with van der Waals surface area (Å²) >= 11 is 0. The maximum atomic E-state index is 12.4. The fraction of sp³-hybridized carbons (Fsp3) is 0.312. The molecule has 0 spiro atoms. The van der Waals surface area contributed by atoms with Crippen molar-refractivity contribution in [1.82, 2.24) is 4.57 Å². The van der Waals surface area contributed by atoms with Crippen LogP contribution in [0.25, 0.3) is 10.9 Å². The number of aryl methyl sites for hydroxylation is 1. The van der Waals surface area contributed by atoms with Gasteiger partial charge in [-0.25, -0.2) is 0 Å². The van der Waals surface area contributed by atoms with E-state index in [1.165, 1.54) is 0 Å². The lowest BCUT2D eigenvalue weighted by Crippen LogP contribution is -2.07. The maximum absolute atomic E-state index is 12.4. The second-order valence-electron chi connectivity index (χ2n) is 4.82. The number of carbonyl (C=O) groups excluding carboxylic acids is 1. The smallest absolute Gasteiger partial charge is 0.166 e. The van der Waals surface area contributed by atoms with E-state index in [1.807, 2.05) is 48.1 Å². The molecule has 1 unspecified atom stereocenters. The Kier molecular flexibility index (Phi) is 4.17. The Morgan fingerprint density at radius 1 is 1.35 bits per heavy atom. The Labute approximate surface area is 117 Å². The molecule has 1 atom stereocenters. The van der Waals surface area contributed by atoms with Crippen molar-refractivity contribution in [2.24, 2.45) is 13.0 Å². The van der Waals surface area contributed by atoms with Gasteiger partial charge in [0.05, 0.1) is 18.1 Å². The van der Waals surface area contributed by atoms with Crippen LogP contribution < -0.4 is 0 Å². The Morgan fingerprint density at radius 3 is 2.80 bits per heavy atom. The highest BCUT2D eigenvalue weighted by atomic mass is 16.1. The quantitative estimate of drug-likeness (QED) is 0.779. The zero-order valence-corrected chi connectivity index (χ0v) is 11.3. The van der Waals surface area contributed by atoms with Crippen LogP contribution in [-0.2, 0) is 7.05 Å². The summed E-state index contributed by atoms with van der Waals surface area (Å²) in [6.45, 7) is 0. The van der Waals surface area contributed by atoms with Crippen LogP contribution in [-0.4, -0.2) is 10.4 Å². The van der Waals surface area contributed by atoms with Gasteiger partial charge in [0.2, 0.25) is 0 Å². The number of nitriles is 2. The van der Waals surface area contributed by atoms with Gasteiger partial charge in [-0.05, 0) is 12.5 Å². The second-order valence-corrected chi connectivity index (χ2v) is 4.82. The molecule has 0 saturated carbocycles. The normalized spacial score (nSPS) is 11.8. The Balaban J connectivity index is 2.24. The summed E-state index contributed by atoms with van der Waals surface area (Å²) in [4.78, 5) is 12.4. The molecule has 0 saturated heterocycles. The number of ketones is 1. The number of Topliss-reactive ketones (excluding diaryl/α,β-unsaturated/α-hetero) is 1. The Hall–Kier alpha value is -2.59. The van der Waals surface area contributed by atoms with E-state index in [9.17, 15) is 4.79 Å². The fourth-order valence-corrected chi connectivity index (χ4v) is 2.35. The Morgan fingerprint density at radius 2 is 2.10 bits per heavy atom. The van der Waals surface area contributed by atoms with Gasteiger partial charge in [-0.3, -0.25) is 4.79 Å². The number of carbonyl (C=O) groups is 1. The van der Waals surface area contributed by atoms with Crippen molar-refractivity contribution in [2.45, 2.75) is 19.3 Å². The predicted molar refractivity (Wildman–Crippen MR) is 75.8 cm³/mol. The lowest BCUT2D eigenvalue weighted by molar-refractivity contribution is 0.0970. The van der Waals surface area contributed by atoms with Crippen molar-refractivity contribution >= 4 is 16.7 Å². The average molecular weight is 265 g/mol. The molecule has 1 aromatic carbocycles. The van der Waals surface area contributed by atoms with E-state index in [0.29, 0.717) is 18.4 Å². The van der Waals surface area contributed by atoms with Crippen molar-refractivity contribution in [3.8, 4) is 12.1 Å². The molecule has 0 fully saturated rings. The van der Waals surface area contributed by atoms with Gasteiger partial charge in [-0.15, -0.1) is 0 Å². The maximum Gasteiger partial charge on any atom is 0.166 e. The van der Waals surface area contributed by atoms with Gasteiger partial charge in [-0.2, -0.15) is 10.5 Å². The van der Waals surface area contributed by atoms with Crippen molar-refractivity contribution < 1.29 is 4.79 Å². The summed E-state index contributed by atoms with van der Waals surface area (Å²) in [5.74, 6) is -0.424. The third kappa shape index (κ3) is 2.70. The molecule has 0 aliphatic heterocycles. The summed E-state index contributed by atoms with van der Waals surface area (Å²) in [5, 5.41) is 18.5. The van der Waals surface area contributed by atoms with Gasteiger partial charge >= 0.3 is 0 Å². The minimum atomic E-state index is -0.388. The van der Waals surface area contributed by atoms with Gasteiger partial charge in [0.1, 0.15) is 0 Å². The number of nitrogens with zero attached hydrogens (tertiary/aromatic N) is 3. The molecular weight excluding hydrogens is 250 g/mol. The minimum absolute atomic E-state index is 0.0358. The zero-order chi connectivity index (χ0) is 14.5. The molecule has 1 heterocycles. The zero-order valence-electron chi connectivity index (χ0n) is 11.3. The lowest BCUT2D eigenvalue weighted by Gasteiger charge is -2.05. The molecule has 2 aromatic rings. The van der Waals surface area contributed by atoms with Crippen LogP contribution in [0.3, 0.4) is 0 Å². The number of rotatable bonds is 5. The molecule has 2 rings (SSSR count).